The van der Waals surface area contributed by atoms with Gasteiger partial charge in [0.1, 0.15) is 29.2 Å². The topological polar surface area (TPSA) is 126 Å². The van der Waals surface area contributed by atoms with Crippen molar-refractivity contribution in [3.05, 3.63) is 58.9 Å². The highest BCUT2D eigenvalue weighted by molar-refractivity contribution is 7.17. The number of hydrogen-bond donors (Lipinski definition) is 2. The number of nitriles is 1. The molecule has 1 fully saturated rings. The van der Waals surface area contributed by atoms with Crippen molar-refractivity contribution < 1.29 is 4.74 Å². The monoisotopic (exact) mass is 486 g/mol. The highest BCUT2D eigenvalue weighted by Gasteiger charge is 2.20. The summed E-state index contributed by atoms with van der Waals surface area (Å²) in [6.07, 6.45) is 3.20. The van der Waals surface area contributed by atoms with E-state index >= 15 is 0 Å². The smallest absolute Gasteiger partial charge is 0.201 e. The number of nitrogens with two attached hydrogens (primary N) is 1. The van der Waals surface area contributed by atoms with E-state index in [0.717, 1.165) is 53.0 Å². The SMILES string of the molecule is CC(=NC1CCNCC1)/C(=N\N)c1cc(OC(C)c2cccc3ncsc23)n2c(C#N)cnc2c1. The molecule has 10 heteroatoms. The summed E-state index contributed by atoms with van der Waals surface area (Å²) in [7, 11) is 0. The Morgan fingerprint density at radius 1 is 1.31 bits per heavy atom. The molecule has 4 aromatic rings. The Balaban J connectivity index is 1.55. The van der Waals surface area contributed by atoms with Crippen LogP contribution in [0.5, 0.6) is 5.88 Å². The predicted molar refractivity (Wildman–Crippen MR) is 138 cm³/mol. The first-order valence-corrected chi connectivity index (χ1v) is 12.4. The van der Waals surface area contributed by atoms with E-state index < -0.39 is 0 Å². The zero-order valence-electron chi connectivity index (χ0n) is 19.6. The number of nitrogens with one attached hydrogen (secondary N) is 1. The summed E-state index contributed by atoms with van der Waals surface area (Å²) in [5, 5.41) is 17.1. The Morgan fingerprint density at radius 3 is 2.91 bits per heavy atom. The number of fused-ring (bicyclic) bond motifs is 2. The van der Waals surface area contributed by atoms with Crippen molar-refractivity contribution in [1.29, 1.82) is 5.26 Å². The summed E-state index contributed by atoms with van der Waals surface area (Å²) in [6.45, 7) is 5.82. The van der Waals surface area contributed by atoms with Crippen LogP contribution < -0.4 is 15.9 Å². The molecule has 9 nitrogen and oxygen atoms in total. The van der Waals surface area contributed by atoms with Gasteiger partial charge in [-0.05, 0) is 51.9 Å². The molecule has 4 heterocycles. The molecular formula is C25H26N8OS. The number of imidazole rings is 1. The molecule has 3 aromatic heterocycles. The number of thiazole rings is 1. The fraction of sp³-hybridized carbons (Fsp3) is 0.320. The Morgan fingerprint density at radius 2 is 2.14 bits per heavy atom. The van der Waals surface area contributed by atoms with Crippen LogP contribution in [0.1, 0.15) is 49.6 Å². The van der Waals surface area contributed by atoms with Crippen molar-refractivity contribution >= 4 is 38.6 Å². The zero-order valence-corrected chi connectivity index (χ0v) is 20.4. The number of ether oxygens (including phenoxy) is 1. The van der Waals surface area contributed by atoms with Gasteiger partial charge in [0.05, 0.1) is 33.7 Å². The summed E-state index contributed by atoms with van der Waals surface area (Å²) in [4.78, 5) is 13.7. The fourth-order valence-electron chi connectivity index (χ4n) is 4.50. The minimum atomic E-state index is -0.297. The van der Waals surface area contributed by atoms with Gasteiger partial charge in [-0.25, -0.2) is 9.97 Å². The third kappa shape index (κ3) is 4.48. The Bertz CT molecular complexity index is 1470. The van der Waals surface area contributed by atoms with E-state index in [-0.39, 0.29) is 12.1 Å². The summed E-state index contributed by atoms with van der Waals surface area (Å²) in [5.74, 6) is 6.33. The van der Waals surface area contributed by atoms with E-state index in [0.29, 0.717) is 22.9 Å². The standard InChI is InChI=1S/C25H26N8OS/c1-15(31-18-6-8-28-9-7-18)24(32-27)17-10-22-29-13-19(12-26)33(22)23(11-17)34-16(2)20-4-3-5-21-25(20)35-14-30-21/h3-5,10-11,13-14,16,18,28H,6-9,27H2,1-2H3/b31-15?,32-24+. The lowest BCUT2D eigenvalue weighted by molar-refractivity contribution is 0.216. The lowest BCUT2D eigenvalue weighted by Crippen LogP contribution is -2.31. The first-order chi connectivity index (χ1) is 17.1. The average molecular weight is 487 g/mol. The van der Waals surface area contributed by atoms with Crippen LogP contribution in [0.15, 0.2) is 52.1 Å². The second-order valence-electron chi connectivity index (χ2n) is 8.51. The molecule has 1 unspecified atom stereocenters. The van der Waals surface area contributed by atoms with Crippen molar-refractivity contribution in [3.8, 4) is 11.9 Å². The van der Waals surface area contributed by atoms with E-state index in [1.165, 1.54) is 6.20 Å². The molecule has 35 heavy (non-hydrogen) atoms. The molecule has 5 rings (SSSR count). The molecular weight excluding hydrogens is 460 g/mol. The quantitative estimate of drug-likeness (QED) is 0.242. The third-order valence-corrected chi connectivity index (χ3v) is 7.13. The van der Waals surface area contributed by atoms with Crippen LogP contribution >= 0.6 is 11.3 Å². The van der Waals surface area contributed by atoms with Crippen LogP contribution in [0, 0.1) is 11.3 Å². The second-order valence-corrected chi connectivity index (χ2v) is 9.37. The molecule has 0 aliphatic carbocycles. The van der Waals surface area contributed by atoms with Gasteiger partial charge in [-0.3, -0.25) is 9.39 Å². The highest BCUT2D eigenvalue weighted by atomic mass is 32.1. The van der Waals surface area contributed by atoms with Crippen LogP contribution in [-0.4, -0.2) is 44.9 Å². The summed E-state index contributed by atoms with van der Waals surface area (Å²) >= 11 is 1.58. The maximum absolute atomic E-state index is 9.67. The summed E-state index contributed by atoms with van der Waals surface area (Å²) in [6, 6.07) is 12.1. The largest absolute Gasteiger partial charge is 0.471 e. The van der Waals surface area contributed by atoms with Crippen molar-refractivity contribution in [2.75, 3.05) is 13.1 Å². The second kappa shape index (κ2) is 9.82. The minimum Gasteiger partial charge on any atom is -0.471 e. The van der Waals surface area contributed by atoms with Gasteiger partial charge in [0.25, 0.3) is 0 Å². The lowest BCUT2D eigenvalue weighted by Gasteiger charge is -2.20. The molecule has 1 aliphatic rings. The van der Waals surface area contributed by atoms with Crippen LogP contribution in [0.25, 0.3) is 15.9 Å². The third-order valence-electron chi connectivity index (χ3n) is 6.24. The van der Waals surface area contributed by atoms with E-state index in [4.69, 9.17) is 15.6 Å². The number of aliphatic imine (C=N–C) groups is 1. The first-order valence-electron chi connectivity index (χ1n) is 11.5. The Kier molecular flexibility index (Phi) is 6.44. The molecule has 0 amide bonds. The van der Waals surface area contributed by atoms with Gasteiger partial charge in [0.15, 0.2) is 0 Å². The molecule has 1 aromatic carbocycles. The van der Waals surface area contributed by atoms with Gasteiger partial charge >= 0.3 is 0 Å². The number of hydrazone groups is 1. The maximum Gasteiger partial charge on any atom is 0.201 e. The van der Waals surface area contributed by atoms with Crippen LogP contribution in [0.4, 0.5) is 0 Å². The van der Waals surface area contributed by atoms with Gasteiger partial charge in [0.2, 0.25) is 5.88 Å². The highest BCUT2D eigenvalue weighted by Crippen LogP contribution is 2.31. The summed E-state index contributed by atoms with van der Waals surface area (Å²) < 4.78 is 9.25. The minimum absolute atomic E-state index is 0.240. The molecule has 1 aliphatic heterocycles. The maximum atomic E-state index is 9.67. The van der Waals surface area contributed by atoms with E-state index in [1.807, 2.05) is 49.7 Å². The summed E-state index contributed by atoms with van der Waals surface area (Å²) in [5.41, 5.74) is 6.84. The average Bonchev–Trinajstić information content (AvgIpc) is 3.52. The zero-order chi connectivity index (χ0) is 24.4. The van der Waals surface area contributed by atoms with Gasteiger partial charge in [-0.2, -0.15) is 10.4 Å². The molecule has 1 atom stereocenters. The van der Waals surface area contributed by atoms with Crippen LogP contribution in [0.2, 0.25) is 0 Å². The van der Waals surface area contributed by atoms with Crippen LogP contribution in [-0.2, 0) is 0 Å². The Labute approximate surface area is 207 Å². The molecule has 0 spiro atoms. The molecule has 0 bridgehead atoms. The molecule has 1 saturated heterocycles. The number of aromatic nitrogens is 3. The number of rotatable bonds is 6. The molecule has 0 saturated carbocycles. The number of piperidine rings is 1. The van der Waals surface area contributed by atoms with Crippen molar-refractivity contribution in [2.24, 2.45) is 15.9 Å². The lowest BCUT2D eigenvalue weighted by atomic mass is 10.0. The van der Waals surface area contributed by atoms with Gasteiger partial charge in [-0.1, -0.05) is 12.1 Å². The first kappa shape index (κ1) is 23.0. The van der Waals surface area contributed by atoms with E-state index in [2.05, 4.69) is 26.5 Å². The number of pyridine rings is 1. The van der Waals surface area contributed by atoms with E-state index in [9.17, 15) is 5.26 Å². The van der Waals surface area contributed by atoms with Gasteiger partial charge in [0, 0.05) is 17.2 Å². The molecule has 178 valence electrons. The van der Waals surface area contributed by atoms with Crippen molar-refractivity contribution in [3.63, 3.8) is 0 Å². The number of nitrogens with zero attached hydrogens (tertiary/aromatic N) is 6. The fourth-order valence-corrected chi connectivity index (χ4v) is 5.38. The Hall–Kier alpha value is -3.81. The molecule has 3 N–H and O–H groups in total. The van der Waals surface area contributed by atoms with Gasteiger partial charge in [-0.15, -0.1) is 11.3 Å². The van der Waals surface area contributed by atoms with Crippen molar-refractivity contribution in [1.82, 2.24) is 19.7 Å². The predicted octanol–water partition coefficient (Wildman–Crippen LogP) is 3.83. The normalized spacial score (nSPS) is 16.5. The van der Waals surface area contributed by atoms with Crippen molar-refractivity contribution in [2.45, 2.75) is 38.8 Å². The van der Waals surface area contributed by atoms with Crippen LogP contribution in [0.3, 0.4) is 0 Å². The number of hydrogen-bond acceptors (Lipinski definition) is 9. The number of benzene rings is 1. The molecule has 0 radical (unpaired) electrons. The van der Waals surface area contributed by atoms with Gasteiger partial charge < -0.3 is 15.9 Å². The van der Waals surface area contributed by atoms with E-state index in [1.54, 1.807) is 15.7 Å².